The summed E-state index contributed by atoms with van der Waals surface area (Å²) in [4.78, 5) is 26.3. The van der Waals surface area contributed by atoms with Crippen LogP contribution in [0, 0.1) is 5.92 Å². The van der Waals surface area contributed by atoms with E-state index in [1.54, 1.807) is 12.1 Å². The number of hydrogen-bond donors (Lipinski definition) is 3. The summed E-state index contributed by atoms with van der Waals surface area (Å²) < 4.78 is 33.1. The molecule has 1 fully saturated rings. The van der Waals surface area contributed by atoms with Gasteiger partial charge in [-0.05, 0) is 61.6 Å². The molecule has 0 saturated carbocycles. The highest BCUT2D eigenvalue weighted by molar-refractivity contribution is 7.89. The van der Waals surface area contributed by atoms with Crippen LogP contribution in [0.3, 0.4) is 0 Å². The lowest BCUT2D eigenvalue weighted by Gasteiger charge is -2.27. The number of aliphatic hydroxyl groups is 1. The van der Waals surface area contributed by atoms with Crippen molar-refractivity contribution in [2.45, 2.75) is 56.2 Å². The molecule has 3 atom stereocenters. The lowest BCUT2D eigenvalue weighted by molar-refractivity contribution is -0.125. The van der Waals surface area contributed by atoms with Gasteiger partial charge in [-0.15, -0.1) is 0 Å². The zero-order valence-electron chi connectivity index (χ0n) is 21.3. The van der Waals surface area contributed by atoms with Gasteiger partial charge in [-0.3, -0.25) is 9.59 Å². The molecule has 1 aromatic heterocycles. The average molecular weight is 562 g/mol. The average Bonchev–Trinajstić information content (AvgIpc) is 3.22. The van der Waals surface area contributed by atoms with Gasteiger partial charge in [-0.1, -0.05) is 43.6 Å². The van der Waals surface area contributed by atoms with Crippen molar-refractivity contribution in [2.24, 2.45) is 5.92 Å². The van der Waals surface area contributed by atoms with Gasteiger partial charge in [-0.2, -0.15) is 4.31 Å². The standard InChI is InChI=1S/C27H32ClN3O6S/c1-17(2)14-22(30-27(34)25-15-18-6-3-4-8-24(18)37-25)26(33)29-21-7-5-13-31(16-23(21)32)38(35,36)20-11-9-19(28)10-12-20/h3-4,6,8-12,15,17,21-23,32H,5,7,13-14,16H2,1-2H3,(H,29,33)(H,30,34)/t21?,22?,23-/m0/s1. The first-order valence-electron chi connectivity index (χ1n) is 12.6. The maximum atomic E-state index is 13.3. The number of aliphatic hydroxyl groups excluding tert-OH is 1. The molecular weight excluding hydrogens is 530 g/mol. The molecule has 3 aromatic rings. The largest absolute Gasteiger partial charge is 0.451 e. The highest BCUT2D eigenvalue weighted by Gasteiger charge is 2.34. The van der Waals surface area contributed by atoms with Crippen LogP contribution in [0.25, 0.3) is 11.0 Å². The third kappa shape index (κ3) is 6.55. The van der Waals surface area contributed by atoms with Crippen LogP contribution in [0.5, 0.6) is 0 Å². The fourth-order valence-corrected chi connectivity index (χ4v) is 6.18. The molecule has 11 heteroatoms. The molecule has 0 radical (unpaired) electrons. The topological polar surface area (TPSA) is 129 Å². The first kappa shape index (κ1) is 28.1. The minimum Gasteiger partial charge on any atom is -0.451 e. The lowest BCUT2D eigenvalue weighted by atomic mass is 10.0. The first-order valence-corrected chi connectivity index (χ1v) is 14.4. The van der Waals surface area contributed by atoms with Crippen LogP contribution in [0.15, 0.2) is 63.9 Å². The van der Waals surface area contributed by atoms with E-state index in [2.05, 4.69) is 10.6 Å². The third-order valence-corrected chi connectivity index (χ3v) is 8.67. The van der Waals surface area contributed by atoms with Crippen LogP contribution in [0.2, 0.25) is 5.02 Å². The van der Waals surface area contributed by atoms with Gasteiger partial charge < -0.3 is 20.2 Å². The van der Waals surface area contributed by atoms with Gasteiger partial charge in [0.15, 0.2) is 5.76 Å². The monoisotopic (exact) mass is 561 g/mol. The second kappa shape index (κ2) is 11.9. The maximum absolute atomic E-state index is 13.3. The Labute approximate surface area is 227 Å². The van der Waals surface area contributed by atoms with Crippen molar-refractivity contribution in [1.29, 1.82) is 0 Å². The number of amides is 2. The Morgan fingerprint density at radius 3 is 2.55 bits per heavy atom. The van der Waals surface area contributed by atoms with Gasteiger partial charge in [0, 0.05) is 23.5 Å². The van der Waals surface area contributed by atoms with Crippen molar-refractivity contribution >= 4 is 44.4 Å². The van der Waals surface area contributed by atoms with Crippen LogP contribution in [-0.4, -0.2) is 60.9 Å². The summed E-state index contributed by atoms with van der Waals surface area (Å²) in [5.74, 6) is -0.754. The molecule has 0 spiro atoms. The number of fused-ring (bicyclic) bond motifs is 1. The van der Waals surface area contributed by atoms with Crippen LogP contribution >= 0.6 is 11.6 Å². The summed E-state index contributed by atoms with van der Waals surface area (Å²) >= 11 is 5.89. The summed E-state index contributed by atoms with van der Waals surface area (Å²) in [6, 6.07) is 13.2. The Bertz CT molecular complexity index is 1360. The Hall–Kier alpha value is -2.92. The predicted octanol–water partition coefficient (Wildman–Crippen LogP) is 3.56. The second-order valence-electron chi connectivity index (χ2n) is 9.95. The van der Waals surface area contributed by atoms with Crippen molar-refractivity contribution in [2.75, 3.05) is 13.1 Å². The number of nitrogens with zero attached hydrogens (tertiary/aromatic N) is 1. The first-order chi connectivity index (χ1) is 18.0. The highest BCUT2D eigenvalue weighted by atomic mass is 35.5. The minimum atomic E-state index is -3.84. The van der Waals surface area contributed by atoms with E-state index in [0.717, 1.165) is 5.39 Å². The quantitative estimate of drug-likeness (QED) is 0.386. The molecule has 3 N–H and O–H groups in total. The molecule has 2 heterocycles. The summed E-state index contributed by atoms with van der Waals surface area (Å²) in [5.41, 5.74) is 0.571. The predicted molar refractivity (Wildman–Crippen MR) is 144 cm³/mol. The second-order valence-corrected chi connectivity index (χ2v) is 12.3. The summed E-state index contributed by atoms with van der Waals surface area (Å²) in [7, 11) is -3.84. The maximum Gasteiger partial charge on any atom is 0.287 e. The van der Waals surface area contributed by atoms with Gasteiger partial charge in [0.05, 0.1) is 17.0 Å². The Morgan fingerprint density at radius 2 is 1.87 bits per heavy atom. The molecule has 2 unspecified atom stereocenters. The van der Waals surface area contributed by atoms with E-state index < -0.39 is 40.0 Å². The van der Waals surface area contributed by atoms with Crippen molar-refractivity contribution in [3.8, 4) is 0 Å². The Morgan fingerprint density at radius 1 is 1.16 bits per heavy atom. The Balaban J connectivity index is 1.43. The van der Waals surface area contributed by atoms with E-state index in [4.69, 9.17) is 16.0 Å². The number of nitrogens with one attached hydrogen (secondary N) is 2. The molecule has 2 aromatic carbocycles. The number of sulfonamides is 1. The van der Waals surface area contributed by atoms with E-state index in [0.29, 0.717) is 29.9 Å². The fourth-order valence-electron chi connectivity index (χ4n) is 4.56. The number of rotatable bonds is 8. The van der Waals surface area contributed by atoms with Crippen LogP contribution in [0.1, 0.15) is 43.7 Å². The van der Waals surface area contributed by atoms with E-state index in [9.17, 15) is 23.1 Å². The molecule has 0 bridgehead atoms. The number of para-hydroxylation sites is 1. The zero-order valence-corrected chi connectivity index (χ0v) is 22.8. The number of hydrogen-bond acceptors (Lipinski definition) is 6. The number of carbonyl (C=O) groups is 2. The van der Waals surface area contributed by atoms with Crippen LogP contribution in [0.4, 0.5) is 0 Å². The smallest absolute Gasteiger partial charge is 0.287 e. The summed E-state index contributed by atoms with van der Waals surface area (Å²) in [6.07, 6.45) is 0.0623. The molecule has 1 aliphatic rings. The number of benzene rings is 2. The molecule has 2 amide bonds. The lowest BCUT2D eigenvalue weighted by Crippen LogP contribution is -2.54. The van der Waals surface area contributed by atoms with E-state index in [1.807, 2.05) is 32.0 Å². The molecule has 1 aliphatic heterocycles. The van der Waals surface area contributed by atoms with Crippen molar-refractivity contribution in [3.63, 3.8) is 0 Å². The van der Waals surface area contributed by atoms with Gasteiger partial charge in [0.25, 0.3) is 5.91 Å². The normalized spacial score (nSPS) is 19.7. The van der Waals surface area contributed by atoms with E-state index in [1.165, 1.54) is 28.6 Å². The molecule has 9 nitrogen and oxygen atoms in total. The molecule has 204 valence electrons. The van der Waals surface area contributed by atoms with E-state index >= 15 is 0 Å². The minimum absolute atomic E-state index is 0.0851. The number of carbonyl (C=O) groups excluding carboxylic acids is 2. The summed E-state index contributed by atoms with van der Waals surface area (Å²) in [6.45, 7) is 3.91. The molecule has 0 aliphatic carbocycles. The van der Waals surface area contributed by atoms with Crippen LogP contribution in [-0.2, 0) is 14.8 Å². The SMILES string of the molecule is CC(C)CC(NC(=O)c1cc2ccccc2o1)C(=O)NC1CCCN(S(=O)(=O)c2ccc(Cl)cc2)C[C@@H]1O. The third-order valence-electron chi connectivity index (χ3n) is 6.54. The molecule has 1 saturated heterocycles. The van der Waals surface area contributed by atoms with Crippen molar-refractivity contribution in [3.05, 3.63) is 65.4 Å². The van der Waals surface area contributed by atoms with Gasteiger partial charge in [0.1, 0.15) is 11.6 Å². The highest BCUT2D eigenvalue weighted by Crippen LogP contribution is 2.23. The molecular formula is C27H32ClN3O6S. The van der Waals surface area contributed by atoms with Crippen molar-refractivity contribution in [1.82, 2.24) is 14.9 Å². The molecule has 38 heavy (non-hydrogen) atoms. The number of halogens is 1. The number of β-amino-alcohol motifs (C(OH)–C–C–N with tert-alkyl or cyclic N) is 1. The molecule has 4 rings (SSSR count). The van der Waals surface area contributed by atoms with Crippen molar-refractivity contribution < 1.29 is 27.5 Å². The van der Waals surface area contributed by atoms with Crippen LogP contribution < -0.4 is 10.6 Å². The van der Waals surface area contributed by atoms with Gasteiger partial charge >= 0.3 is 0 Å². The fraction of sp³-hybridized carbons (Fsp3) is 0.407. The zero-order chi connectivity index (χ0) is 27.4. The van der Waals surface area contributed by atoms with Gasteiger partial charge in [0.2, 0.25) is 15.9 Å². The van der Waals surface area contributed by atoms with E-state index in [-0.39, 0.29) is 29.7 Å². The number of furan rings is 1. The Kier molecular flexibility index (Phi) is 8.77. The summed E-state index contributed by atoms with van der Waals surface area (Å²) in [5, 5.41) is 17.7. The van der Waals surface area contributed by atoms with Gasteiger partial charge in [-0.25, -0.2) is 8.42 Å².